The fraction of sp³-hybridized carbons (Fsp3) is 0.235. The molecule has 2 rings (SSSR count). The summed E-state index contributed by atoms with van der Waals surface area (Å²) in [6, 6.07) is 8.83. The maximum Gasteiger partial charge on any atom is 0.270 e. The lowest BCUT2D eigenvalue weighted by Gasteiger charge is -2.17. The predicted molar refractivity (Wildman–Crippen MR) is 95.2 cm³/mol. The van der Waals surface area contributed by atoms with E-state index in [1.807, 2.05) is 0 Å². The lowest BCUT2D eigenvalue weighted by molar-refractivity contribution is 0.0175. The van der Waals surface area contributed by atoms with Crippen LogP contribution in [0.4, 0.5) is 20.2 Å². The maximum absolute atomic E-state index is 13.5. The molecule has 0 spiro atoms. The number of carbonyl (C=O) groups is 1. The first kappa shape index (κ1) is 19.4. The maximum atomic E-state index is 13.5. The lowest BCUT2D eigenvalue weighted by Crippen LogP contribution is -2.27. The molecule has 0 aliphatic carbocycles. The average molecular weight is 389 g/mol. The number of halogens is 4. The van der Waals surface area contributed by atoms with E-state index in [4.69, 9.17) is 28.3 Å². The fourth-order valence-corrected chi connectivity index (χ4v) is 2.72. The third-order valence-electron chi connectivity index (χ3n) is 3.38. The highest BCUT2D eigenvalue weighted by Gasteiger charge is 2.26. The largest absolute Gasteiger partial charge is 0.395 e. The van der Waals surface area contributed by atoms with Gasteiger partial charge in [-0.15, -0.1) is 0 Å². The van der Waals surface area contributed by atoms with Gasteiger partial charge in [-0.1, -0.05) is 35.3 Å². The molecule has 2 aromatic carbocycles. The van der Waals surface area contributed by atoms with Crippen LogP contribution in [0.1, 0.15) is 22.8 Å². The Morgan fingerprint density at radius 2 is 1.80 bits per heavy atom. The Morgan fingerprint density at radius 1 is 1.20 bits per heavy atom. The Labute approximate surface area is 153 Å². The Kier molecular flexibility index (Phi) is 6.21. The van der Waals surface area contributed by atoms with Crippen molar-refractivity contribution < 1.29 is 18.7 Å². The van der Waals surface area contributed by atoms with Crippen LogP contribution in [0.15, 0.2) is 36.4 Å². The van der Waals surface area contributed by atoms with Crippen molar-refractivity contribution in [2.45, 2.75) is 12.8 Å². The van der Waals surface area contributed by atoms with Gasteiger partial charge in [0.1, 0.15) is 0 Å². The quantitative estimate of drug-likeness (QED) is 0.678. The second kappa shape index (κ2) is 7.99. The summed E-state index contributed by atoms with van der Waals surface area (Å²) < 4.78 is 26.9. The number of nitrogens with one attached hydrogen (secondary N) is 2. The highest BCUT2D eigenvalue weighted by Crippen LogP contribution is 2.39. The molecule has 0 aromatic heterocycles. The molecule has 0 saturated heterocycles. The van der Waals surface area contributed by atoms with Gasteiger partial charge in [0.25, 0.3) is 11.8 Å². The molecular weight excluding hydrogens is 373 g/mol. The molecule has 3 N–H and O–H groups in total. The van der Waals surface area contributed by atoms with Crippen molar-refractivity contribution >= 4 is 40.5 Å². The molecule has 0 radical (unpaired) electrons. The predicted octanol–water partition coefficient (Wildman–Crippen LogP) is 4.57. The molecule has 0 aliphatic rings. The van der Waals surface area contributed by atoms with Gasteiger partial charge in [-0.05, 0) is 24.3 Å². The third-order valence-corrected chi connectivity index (χ3v) is 3.97. The second-order valence-corrected chi connectivity index (χ2v) is 6.17. The number of carbonyl (C=O) groups excluding carboxylic acids is 1. The zero-order chi connectivity index (χ0) is 18.6. The van der Waals surface area contributed by atoms with Crippen LogP contribution >= 0.6 is 23.2 Å². The van der Waals surface area contributed by atoms with Gasteiger partial charge in [-0.3, -0.25) is 4.79 Å². The number of para-hydroxylation sites is 1. The van der Waals surface area contributed by atoms with Crippen molar-refractivity contribution in [1.82, 2.24) is 5.32 Å². The Bertz CT molecular complexity index is 756. The van der Waals surface area contributed by atoms with Gasteiger partial charge in [0.15, 0.2) is 0 Å². The summed E-state index contributed by atoms with van der Waals surface area (Å²) in [5, 5.41) is 14.3. The van der Waals surface area contributed by atoms with Crippen molar-refractivity contribution in [3.63, 3.8) is 0 Å². The summed E-state index contributed by atoms with van der Waals surface area (Å²) in [4.78, 5) is 12.1. The molecule has 2 aromatic rings. The van der Waals surface area contributed by atoms with Crippen LogP contribution in [0.5, 0.6) is 0 Å². The van der Waals surface area contributed by atoms with E-state index in [-0.39, 0.29) is 34.4 Å². The molecule has 1 amide bonds. The van der Waals surface area contributed by atoms with E-state index >= 15 is 0 Å². The molecule has 0 unspecified atom stereocenters. The van der Waals surface area contributed by atoms with E-state index in [0.29, 0.717) is 11.3 Å². The molecule has 0 aliphatic heterocycles. The van der Waals surface area contributed by atoms with Gasteiger partial charge >= 0.3 is 0 Å². The van der Waals surface area contributed by atoms with Crippen molar-refractivity contribution in [3.8, 4) is 0 Å². The summed E-state index contributed by atoms with van der Waals surface area (Å²) in [5.74, 6) is -3.48. The first-order chi connectivity index (χ1) is 11.7. The first-order valence-electron chi connectivity index (χ1n) is 7.36. The number of alkyl halides is 2. The minimum absolute atomic E-state index is 0.00888. The highest BCUT2D eigenvalue weighted by molar-refractivity contribution is 6.39. The number of anilines is 2. The van der Waals surface area contributed by atoms with Crippen LogP contribution in [-0.2, 0) is 5.92 Å². The van der Waals surface area contributed by atoms with E-state index in [2.05, 4.69) is 10.6 Å². The van der Waals surface area contributed by atoms with Gasteiger partial charge < -0.3 is 15.7 Å². The van der Waals surface area contributed by atoms with Crippen molar-refractivity contribution in [3.05, 3.63) is 57.6 Å². The molecule has 0 atom stereocenters. The number of rotatable bonds is 6. The molecule has 25 heavy (non-hydrogen) atoms. The van der Waals surface area contributed by atoms with Crippen molar-refractivity contribution in [2.75, 3.05) is 18.5 Å². The molecule has 0 saturated carbocycles. The summed E-state index contributed by atoms with van der Waals surface area (Å²) in [5.41, 5.74) is 0.617. The highest BCUT2D eigenvalue weighted by atomic mass is 35.5. The molecule has 4 nitrogen and oxygen atoms in total. The average Bonchev–Trinajstić information content (AvgIpc) is 2.55. The SMILES string of the molecule is CC(F)(F)c1cc(Cl)c(Nc2ccccc2C(=O)NCCO)c(Cl)c1. The van der Waals surface area contributed by atoms with Gasteiger partial charge in [-0.2, -0.15) is 0 Å². The number of amides is 1. The van der Waals surface area contributed by atoms with E-state index in [9.17, 15) is 13.6 Å². The fourth-order valence-electron chi connectivity index (χ4n) is 2.14. The molecular formula is C17H16Cl2F2N2O2. The zero-order valence-electron chi connectivity index (χ0n) is 13.2. The first-order valence-corrected chi connectivity index (χ1v) is 8.12. The molecule has 134 valence electrons. The van der Waals surface area contributed by atoms with Crippen LogP contribution in [-0.4, -0.2) is 24.2 Å². The van der Waals surface area contributed by atoms with Crippen molar-refractivity contribution in [1.29, 1.82) is 0 Å². The van der Waals surface area contributed by atoms with Crippen LogP contribution < -0.4 is 10.6 Å². The van der Waals surface area contributed by atoms with Crippen LogP contribution in [0, 0.1) is 0 Å². The number of benzene rings is 2. The Balaban J connectivity index is 2.36. The number of aliphatic hydroxyl groups excluding tert-OH is 1. The van der Waals surface area contributed by atoms with Crippen molar-refractivity contribution in [2.24, 2.45) is 0 Å². The van der Waals surface area contributed by atoms with Gasteiger partial charge in [-0.25, -0.2) is 8.78 Å². The Hall–Kier alpha value is -1.89. The minimum Gasteiger partial charge on any atom is -0.395 e. The second-order valence-electron chi connectivity index (χ2n) is 5.35. The lowest BCUT2D eigenvalue weighted by atomic mass is 10.1. The normalized spacial score (nSPS) is 11.3. The summed E-state index contributed by atoms with van der Waals surface area (Å²) in [6.07, 6.45) is 0. The van der Waals surface area contributed by atoms with E-state index in [1.54, 1.807) is 24.3 Å². The minimum atomic E-state index is -3.08. The molecule has 0 bridgehead atoms. The Morgan fingerprint density at radius 3 is 2.36 bits per heavy atom. The molecule has 0 fully saturated rings. The van der Waals surface area contributed by atoms with E-state index < -0.39 is 11.8 Å². The van der Waals surface area contributed by atoms with E-state index in [1.165, 1.54) is 0 Å². The summed E-state index contributed by atoms with van der Waals surface area (Å²) in [7, 11) is 0. The monoisotopic (exact) mass is 388 g/mol. The topological polar surface area (TPSA) is 61.4 Å². The summed E-state index contributed by atoms with van der Waals surface area (Å²) in [6.45, 7) is 0.670. The van der Waals surface area contributed by atoms with Crippen LogP contribution in [0.25, 0.3) is 0 Å². The molecule has 0 heterocycles. The number of hydrogen-bond donors (Lipinski definition) is 3. The zero-order valence-corrected chi connectivity index (χ0v) is 14.8. The molecule has 8 heteroatoms. The smallest absolute Gasteiger partial charge is 0.270 e. The van der Waals surface area contributed by atoms with Crippen LogP contribution in [0.2, 0.25) is 10.0 Å². The van der Waals surface area contributed by atoms with E-state index in [0.717, 1.165) is 19.1 Å². The number of aliphatic hydroxyl groups is 1. The van der Waals surface area contributed by atoms with Crippen LogP contribution in [0.3, 0.4) is 0 Å². The third kappa shape index (κ3) is 4.81. The van der Waals surface area contributed by atoms with Gasteiger partial charge in [0.05, 0.1) is 33.6 Å². The number of hydrogen-bond acceptors (Lipinski definition) is 3. The van der Waals surface area contributed by atoms with Gasteiger partial charge in [0, 0.05) is 19.0 Å². The standard InChI is InChI=1S/C17H16Cl2F2N2O2/c1-17(20,21)10-8-12(18)15(13(19)9-10)23-14-5-3-2-4-11(14)16(25)22-6-7-24/h2-5,8-9,23-24H,6-7H2,1H3,(H,22,25). The van der Waals surface area contributed by atoms with Gasteiger partial charge in [0.2, 0.25) is 0 Å². The summed E-state index contributed by atoms with van der Waals surface area (Å²) >= 11 is 12.2.